The van der Waals surface area contributed by atoms with Gasteiger partial charge >= 0.3 is 0 Å². The van der Waals surface area contributed by atoms with Gasteiger partial charge in [-0.15, -0.1) is 0 Å². The van der Waals surface area contributed by atoms with Gasteiger partial charge in [-0.05, 0) is 48.5 Å². The molecule has 4 rings (SSSR count). The minimum atomic E-state index is -4.71. The number of nitrogens with one attached hydrogen (secondary N) is 2. The molecule has 0 aliphatic carbocycles. The molecule has 0 fully saturated rings. The van der Waals surface area contributed by atoms with Crippen molar-refractivity contribution in [1.82, 2.24) is 20.4 Å². The number of benzene rings is 2. The predicted octanol–water partition coefficient (Wildman–Crippen LogP) is 2.94. The third kappa shape index (κ3) is 4.06. The van der Waals surface area contributed by atoms with Crippen LogP contribution >= 0.6 is 23.2 Å². The zero-order chi connectivity index (χ0) is 24.0. The van der Waals surface area contributed by atoms with Gasteiger partial charge in [0.1, 0.15) is 9.79 Å². The van der Waals surface area contributed by atoms with Gasteiger partial charge < -0.3 is 0 Å². The summed E-state index contributed by atoms with van der Waals surface area (Å²) in [6.07, 6.45) is 1.56. The van der Waals surface area contributed by atoms with Crippen LogP contribution in [0.1, 0.15) is 0 Å². The molecule has 0 aliphatic rings. The molecular weight excluding hydrogens is 535 g/mol. The molecule has 0 bridgehead atoms. The summed E-state index contributed by atoms with van der Waals surface area (Å²) in [7, 11) is -13.5. The molecule has 0 amide bonds. The molecule has 2 N–H and O–H groups in total. The van der Waals surface area contributed by atoms with Crippen molar-refractivity contribution in [2.45, 2.75) is 29.6 Å². The molecule has 4 aromatic rings. The average molecular weight is 547 g/mol. The third-order valence-electron chi connectivity index (χ3n) is 4.51. The van der Waals surface area contributed by atoms with E-state index in [0.29, 0.717) is 0 Å². The highest BCUT2D eigenvalue weighted by molar-refractivity contribution is 7.96. The normalized spacial score (nSPS) is 12.7. The number of hydrogen-bond acceptors (Lipinski definition) is 8. The van der Waals surface area contributed by atoms with Crippen molar-refractivity contribution < 1.29 is 25.3 Å². The van der Waals surface area contributed by atoms with Crippen LogP contribution in [0.2, 0.25) is 10.0 Å². The highest BCUT2D eigenvalue weighted by Gasteiger charge is 2.37. The van der Waals surface area contributed by atoms with E-state index in [-0.39, 0.29) is 19.8 Å². The number of aromatic amines is 2. The van der Waals surface area contributed by atoms with Crippen LogP contribution in [0.15, 0.2) is 90.6 Å². The highest BCUT2D eigenvalue weighted by atomic mass is 35.5. The summed E-state index contributed by atoms with van der Waals surface area (Å²) < 4.78 is 78.9. The van der Waals surface area contributed by atoms with Gasteiger partial charge in [-0.1, -0.05) is 23.2 Å². The first-order valence-corrected chi connectivity index (χ1v) is 14.0. The van der Waals surface area contributed by atoms with Gasteiger partial charge in [0.2, 0.25) is 29.5 Å². The summed E-state index contributed by atoms with van der Waals surface area (Å²) in [6.45, 7) is 0. The smallest absolute Gasteiger partial charge is 0.224 e. The Morgan fingerprint density at radius 2 is 0.879 bits per heavy atom. The van der Waals surface area contributed by atoms with Crippen LogP contribution in [-0.2, 0) is 29.5 Å². The van der Waals surface area contributed by atoms with Gasteiger partial charge in [-0.25, -0.2) is 25.3 Å². The molecule has 0 aliphatic heterocycles. The highest BCUT2D eigenvalue weighted by Crippen LogP contribution is 2.33. The molecule has 0 saturated carbocycles. The second-order valence-electron chi connectivity index (χ2n) is 6.54. The summed E-state index contributed by atoms with van der Waals surface area (Å²) in [5.74, 6) is 0. The van der Waals surface area contributed by atoms with Crippen LogP contribution < -0.4 is 0 Å². The Labute approximate surface area is 198 Å². The fourth-order valence-corrected chi connectivity index (χ4v) is 8.08. The minimum Gasteiger partial charge on any atom is -0.266 e. The lowest BCUT2D eigenvalue weighted by Gasteiger charge is -2.08. The number of aromatic nitrogens is 4. The van der Waals surface area contributed by atoms with Crippen LogP contribution in [0, 0.1) is 0 Å². The van der Waals surface area contributed by atoms with E-state index in [1.165, 1.54) is 48.5 Å². The quantitative estimate of drug-likeness (QED) is 0.373. The minimum absolute atomic E-state index is 0.242. The van der Waals surface area contributed by atoms with Crippen molar-refractivity contribution in [2.24, 2.45) is 0 Å². The third-order valence-corrected chi connectivity index (χ3v) is 10.5. The average Bonchev–Trinajstić information content (AvgIpc) is 3.45. The van der Waals surface area contributed by atoms with E-state index in [1.807, 2.05) is 0 Å². The van der Waals surface area contributed by atoms with E-state index in [4.69, 9.17) is 23.2 Å². The molecule has 10 nitrogen and oxygen atoms in total. The van der Waals surface area contributed by atoms with E-state index in [1.54, 1.807) is 0 Å². The Bertz CT molecular complexity index is 1540. The maximum atomic E-state index is 13.4. The van der Waals surface area contributed by atoms with Crippen LogP contribution in [0.4, 0.5) is 0 Å². The van der Waals surface area contributed by atoms with Crippen molar-refractivity contribution in [1.29, 1.82) is 0 Å². The molecule has 0 atom stereocenters. The van der Waals surface area contributed by atoms with Crippen molar-refractivity contribution in [3.63, 3.8) is 0 Å². The summed E-state index contributed by atoms with van der Waals surface area (Å²) in [4.78, 5) is -1.97. The van der Waals surface area contributed by atoms with Crippen molar-refractivity contribution >= 4 is 52.7 Å². The Morgan fingerprint density at radius 1 is 0.545 bits per heavy atom. The molecule has 15 heteroatoms. The number of sulfone groups is 3. The van der Waals surface area contributed by atoms with Crippen molar-refractivity contribution in [2.75, 3.05) is 0 Å². The lowest BCUT2D eigenvalue weighted by molar-refractivity contribution is 0.574. The van der Waals surface area contributed by atoms with E-state index >= 15 is 0 Å². The fraction of sp³-hybridized carbons (Fsp3) is 0. The van der Waals surface area contributed by atoms with Gasteiger partial charge in [-0.2, -0.15) is 10.2 Å². The second kappa shape index (κ2) is 8.25. The number of H-pyrrole nitrogens is 2. The van der Waals surface area contributed by atoms with Crippen molar-refractivity contribution in [3.8, 4) is 0 Å². The summed E-state index contributed by atoms with van der Waals surface area (Å²) in [5, 5.41) is 10.6. The molecule has 0 unspecified atom stereocenters. The van der Waals surface area contributed by atoms with Crippen LogP contribution in [0.3, 0.4) is 0 Å². The number of rotatable bonds is 6. The van der Waals surface area contributed by atoms with Crippen LogP contribution in [0.5, 0.6) is 0 Å². The summed E-state index contributed by atoms with van der Waals surface area (Å²) in [5.41, 5.74) is 0. The van der Waals surface area contributed by atoms with Gasteiger partial charge in [0.15, 0.2) is 10.1 Å². The Kier molecular flexibility index (Phi) is 5.87. The fourth-order valence-electron chi connectivity index (χ4n) is 2.88. The van der Waals surface area contributed by atoms with E-state index in [2.05, 4.69) is 20.4 Å². The summed E-state index contributed by atoms with van der Waals surface area (Å²) in [6, 6.07) is 10.1. The number of nitrogens with zero attached hydrogens (tertiary/aromatic N) is 2. The molecule has 2 heterocycles. The van der Waals surface area contributed by atoms with E-state index in [0.717, 1.165) is 12.4 Å². The molecule has 172 valence electrons. The SMILES string of the molecule is O=S(=O)(c1cn[nH]c1S(=O)(=O)c1ccc(Cl)cc1)c1cn[nH]c1S(=O)(=O)c1ccc(Cl)cc1. The topological polar surface area (TPSA) is 160 Å². The van der Waals surface area contributed by atoms with Crippen molar-refractivity contribution in [3.05, 3.63) is 71.0 Å². The maximum Gasteiger partial charge on any atom is 0.224 e. The number of halogens is 2. The molecule has 2 aromatic carbocycles. The zero-order valence-corrected chi connectivity index (χ0v) is 20.1. The first kappa shape index (κ1) is 23.4. The first-order chi connectivity index (χ1) is 15.5. The lowest BCUT2D eigenvalue weighted by Crippen LogP contribution is -2.13. The van der Waals surface area contributed by atoms with E-state index in [9.17, 15) is 25.3 Å². The largest absolute Gasteiger partial charge is 0.266 e. The predicted molar refractivity (Wildman–Crippen MR) is 116 cm³/mol. The first-order valence-electron chi connectivity index (χ1n) is 8.79. The van der Waals surface area contributed by atoms with Gasteiger partial charge in [0.05, 0.1) is 22.2 Å². The molecular formula is C18H12Cl2N4O6S3. The Balaban J connectivity index is 1.85. The molecule has 0 saturated heterocycles. The second-order valence-corrected chi connectivity index (χ2v) is 13.1. The Hall–Kier alpha value is -2.71. The number of hydrogen-bond donors (Lipinski definition) is 2. The molecule has 0 radical (unpaired) electrons. The van der Waals surface area contributed by atoms with Crippen LogP contribution in [-0.4, -0.2) is 45.6 Å². The summed E-state index contributed by atoms with van der Waals surface area (Å²) >= 11 is 11.6. The lowest BCUT2D eigenvalue weighted by atomic mass is 10.4. The van der Waals surface area contributed by atoms with E-state index < -0.39 is 49.4 Å². The zero-order valence-electron chi connectivity index (χ0n) is 16.1. The molecule has 33 heavy (non-hydrogen) atoms. The van der Waals surface area contributed by atoms with Gasteiger partial charge in [0.25, 0.3) is 0 Å². The molecule has 0 spiro atoms. The van der Waals surface area contributed by atoms with Gasteiger partial charge in [-0.3, -0.25) is 10.2 Å². The van der Waals surface area contributed by atoms with Crippen LogP contribution in [0.25, 0.3) is 0 Å². The Morgan fingerprint density at radius 3 is 1.21 bits per heavy atom. The maximum absolute atomic E-state index is 13.4. The standard InChI is InChI=1S/C18H12Cl2N4O6S3/c19-11-1-5-13(6-2-11)31(25,26)17-15(9-21-23-17)33(29,30)16-10-22-24-18(16)32(27,28)14-7-3-12(20)4-8-14/h1-10H,(H,21,23)(H,22,24). The monoisotopic (exact) mass is 546 g/mol. The molecule has 2 aromatic heterocycles. The van der Waals surface area contributed by atoms with Gasteiger partial charge in [0, 0.05) is 10.0 Å².